The molecule has 0 radical (unpaired) electrons. The van der Waals surface area contributed by atoms with Crippen LogP contribution in [-0.2, 0) is 22.7 Å². The lowest BCUT2D eigenvalue weighted by Gasteiger charge is -2.54. The zero-order chi connectivity index (χ0) is 35.1. The van der Waals surface area contributed by atoms with Crippen LogP contribution in [-0.4, -0.2) is 42.8 Å². The smallest absolute Gasteiger partial charge is 0.200 e. The van der Waals surface area contributed by atoms with E-state index in [9.17, 15) is 40.6 Å². The largest absolute Gasteiger partial charge is 0.508 e. The summed E-state index contributed by atoms with van der Waals surface area (Å²) >= 11 is 0. The number of rotatable bonds is 12. The topological polar surface area (TPSA) is 83.8 Å². The molecule has 0 heterocycles. The van der Waals surface area contributed by atoms with Crippen LogP contribution in [0.3, 0.4) is 0 Å². The van der Waals surface area contributed by atoms with E-state index in [4.69, 9.17) is 4.74 Å². The molecule has 0 unspecified atom stereocenters. The van der Waals surface area contributed by atoms with Crippen LogP contribution < -0.4 is 4.74 Å². The standard InChI is InChI=1S/C38H43F5O5S/c1-38-21-29(32-26-14-10-24(44)20-23(26)9-13-27(32)30(38)15-16-31(38)45)22-7-11-25(12-8-22)48-17-3-2-4-18-49(46,47)19-5-6-28-33(39)35(41)37(43)36(42)34(28)40/h7-8,10-12,14,20,27,29-32,44-45H,2-6,9,13,15-19,21H2,1H3/t27-,29+,30-,31-,32+,38-/m0/s1. The minimum absolute atomic E-state index is 0.139. The Kier molecular flexibility index (Phi) is 10.3. The average Bonchev–Trinajstić information content (AvgIpc) is 3.39. The highest BCUT2D eigenvalue weighted by atomic mass is 32.2. The zero-order valence-corrected chi connectivity index (χ0v) is 28.4. The summed E-state index contributed by atoms with van der Waals surface area (Å²) in [6, 6.07) is 13.9. The lowest BCUT2D eigenvalue weighted by Crippen LogP contribution is -2.47. The second-order valence-corrected chi connectivity index (χ2v) is 16.7. The van der Waals surface area contributed by atoms with Gasteiger partial charge in [0.25, 0.3) is 0 Å². The van der Waals surface area contributed by atoms with Crippen LogP contribution in [0.25, 0.3) is 0 Å². The molecular weight excluding hydrogens is 663 g/mol. The van der Waals surface area contributed by atoms with Gasteiger partial charge in [-0.15, -0.1) is 0 Å². The van der Waals surface area contributed by atoms with Gasteiger partial charge in [0, 0.05) is 5.56 Å². The lowest BCUT2D eigenvalue weighted by atomic mass is 9.51. The van der Waals surface area contributed by atoms with Crippen molar-refractivity contribution in [3.8, 4) is 11.5 Å². The van der Waals surface area contributed by atoms with Gasteiger partial charge in [0.05, 0.1) is 24.2 Å². The third-order valence-electron chi connectivity index (χ3n) is 11.5. The predicted octanol–water partition coefficient (Wildman–Crippen LogP) is 8.30. The second kappa shape index (κ2) is 14.2. The highest BCUT2D eigenvalue weighted by molar-refractivity contribution is 7.91. The number of ether oxygens (including phenoxy) is 1. The number of fused-ring (bicyclic) bond motifs is 5. The summed E-state index contributed by atoms with van der Waals surface area (Å²) in [6.07, 6.45) is 5.11. The van der Waals surface area contributed by atoms with Gasteiger partial charge in [-0.3, -0.25) is 0 Å². The molecule has 0 amide bonds. The number of hydrogen-bond acceptors (Lipinski definition) is 5. The summed E-state index contributed by atoms with van der Waals surface area (Å²) in [4.78, 5) is 0. The molecule has 6 atom stereocenters. The van der Waals surface area contributed by atoms with E-state index in [0.717, 1.165) is 32.1 Å². The highest BCUT2D eigenvalue weighted by Gasteiger charge is 2.57. The molecule has 2 saturated carbocycles. The van der Waals surface area contributed by atoms with Crippen molar-refractivity contribution in [1.82, 2.24) is 0 Å². The molecule has 3 aliphatic rings. The van der Waals surface area contributed by atoms with Crippen molar-refractivity contribution in [1.29, 1.82) is 0 Å². The van der Waals surface area contributed by atoms with Gasteiger partial charge in [0.15, 0.2) is 23.3 Å². The Bertz CT molecular complexity index is 1750. The van der Waals surface area contributed by atoms with Gasteiger partial charge < -0.3 is 14.9 Å². The van der Waals surface area contributed by atoms with Crippen LogP contribution in [0.2, 0.25) is 0 Å². The molecule has 3 aromatic rings. The van der Waals surface area contributed by atoms with Crippen LogP contribution >= 0.6 is 0 Å². The van der Waals surface area contributed by atoms with Crippen molar-refractivity contribution in [2.24, 2.45) is 17.3 Å². The Hall–Kier alpha value is -3.18. The number of aliphatic hydroxyl groups excluding tert-OH is 1. The summed E-state index contributed by atoms with van der Waals surface area (Å²) in [5.74, 6) is -8.30. The number of halogens is 5. The summed E-state index contributed by atoms with van der Waals surface area (Å²) in [7, 11) is -3.58. The van der Waals surface area contributed by atoms with Gasteiger partial charge in [-0.25, -0.2) is 30.4 Å². The number of aryl methyl sites for hydroxylation is 1. The quantitative estimate of drug-likeness (QED) is 0.0858. The molecule has 49 heavy (non-hydrogen) atoms. The van der Waals surface area contributed by atoms with E-state index >= 15 is 0 Å². The van der Waals surface area contributed by atoms with E-state index in [1.54, 1.807) is 6.07 Å². The van der Waals surface area contributed by atoms with Crippen LogP contribution in [0, 0.1) is 46.3 Å². The minimum atomic E-state index is -3.58. The number of sulfone groups is 1. The average molecular weight is 707 g/mol. The normalized spacial score (nSPS) is 26.2. The van der Waals surface area contributed by atoms with E-state index < -0.39 is 56.7 Å². The molecule has 0 aliphatic heterocycles. The van der Waals surface area contributed by atoms with Gasteiger partial charge in [-0.2, -0.15) is 0 Å². The van der Waals surface area contributed by atoms with Crippen molar-refractivity contribution < 1.29 is 45.3 Å². The van der Waals surface area contributed by atoms with Gasteiger partial charge in [0.1, 0.15) is 21.3 Å². The molecule has 2 N–H and O–H groups in total. The monoisotopic (exact) mass is 706 g/mol. The number of phenolic OH excluding ortho intramolecular Hbond substituents is 1. The van der Waals surface area contributed by atoms with Crippen molar-refractivity contribution in [3.63, 3.8) is 0 Å². The number of aromatic hydroxyl groups is 1. The maximum atomic E-state index is 13.9. The molecule has 5 nitrogen and oxygen atoms in total. The van der Waals surface area contributed by atoms with E-state index in [2.05, 4.69) is 25.1 Å². The molecule has 0 saturated heterocycles. The van der Waals surface area contributed by atoms with Crippen molar-refractivity contribution in [3.05, 3.63) is 93.8 Å². The van der Waals surface area contributed by atoms with Gasteiger partial charge in [-0.05, 0) is 134 Å². The van der Waals surface area contributed by atoms with Crippen LogP contribution in [0.5, 0.6) is 11.5 Å². The Balaban J connectivity index is 0.996. The molecule has 2 fully saturated rings. The fourth-order valence-electron chi connectivity index (χ4n) is 9.04. The maximum absolute atomic E-state index is 13.9. The van der Waals surface area contributed by atoms with Crippen molar-refractivity contribution in [2.45, 2.75) is 89.1 Å². The highest BCUT2D eigenvalue weighted by Crippen LogP contribution is 2.65. The van der Waals surface area contributed by atoms with Crippen LogP contribution in [0.4, 0.5) is 22.0 Å². The number of aliphatic hydroxyl groups is 1. The first-order valence-corrected chi connectivity index (χ1v) is 19.1. The van der Waals surface area contributed by atoms with E-state index in [-0.39, 0.29) is 29.6 Å². The summed E-state index contributed by atoms with van der Waals surface area (Å²) < 4.78 is 98.5. The number of unbranched alkanes of at least 4 members (excludes halogenated alkanes) is 2. The zero-order valence-electron chi connectivity index (χ0n) is 27.5. The molecule has 0 spiro atoms. The van der Waals surface area contributed by atoms with Gasteiger partial charge in [-0.1, -0.05) is 25.1 Å². The molecular formula is C38H43F5O5S. The Morgan fingerprint density at radius 3 is 2.22 bits per heavy atom. The fraction of sp³-hybridized carbons (Fsp3) is 0.526. The van der Waals surface area contributed by atoms with Crippen molar-refractivity contribution >= 4 is 9.84 Å². The first kappa shape index (κ1) is 35.6. The molecule has 266 valence electrons. The van der Waals surface area contributed by atoms with Crippen LogP contribution in [0.1, 0.15) is 92.4 Å². The molecule has 0 aromatic heterocycles. The number of hydrogen-bond donors (Lipinski definition) is 2. The Morgan fingerprint density at radius 2 is 1.51 bits per heavy atom. The first-order chi connectivity index (χ1) is 23.3. The molecule has 11 heteroatoms. The Morgan fingerprint density at radius 1 is 0.837 bits per heavy atom. The molecule has 6 rings (SSSR count). The number of benzene rings is 3. The fourth-order valence-corrected chi connectivity index (χ4v) is 10.5. The molecule has 0 bridgehead atoms. The van der Waals surface area contributed by atoms with Crippen LogP contribution in [0.15, 0.2) is 42.5 Å². The van der Waals surface area contributed by atoms with E-state index in [1.807, 2.05) is 18.2 Å². The van der Waals surface area contributed by atoms with E-state index in [1.165, 1.54) is 16.7 Å². The lowest BCUT2D eigenvalue weighted by molar-refractivity contribution is -0.0323. The third kappa shape index (κ3) is 7.07. The van der Waals surface area contributed by atoms with Gasteiger partial charge >= 0.3 is 0 Å². The van der Waals surface area contributed by atoms with Crippen molar-refractivity contribution in [2.75, 3.05) is 18.1 Å². The second-order valence-electron chi connectivity index (χ2n) is 14.4. The van der Waals surface area contributed by atoms with Gasteiger partial charge in [0.2, 0.25) is 5.82 Å². The Labute approximate surface area is 284 Å². The summed E-state index contributed by atoms with van der Waals surface area (Å²) in [5.41, 5.74) is 2.58. The third-order valence-corrected chi connectivity index (χ3v) is 13.3. The summed E-state index contributed by atoms with van der Waals surface area (Å²) in [6.45, 7) is 2.64. The predicted molar refractivity (Wildman–Crippen MR) is 176 cm³/mol. The molecule has 3 aromatic carbocycles. The molecule has 3 aliphatic carbocycles. The number of phenols is 1. The maximum Gasteiger partial charge on any atom is 0.200 e. The first-order valence-electron chi connectivity index (χ1n) is 17.2. The SMILES string of the molecule is C[C@]12C[C@H](c3ccc(OCCCCCS(=O)(=O)CCCc4c(F)c(F)c(F)c(F)c4F)cc3)[C@@H]3c4ccc(O)cc4CC[C@H]3[C@@H]1CC[C@@H]2O. The minimum Gasteiger partial charge on any atom is -0.508 e. The summed E-state index contributed by atoms with van der Waals surface area (Å²) in [5, 5.41) is 21.3. The van der Waals surface area contributed by atoms with E-state index in [0.29, 0.717) is 55.1 Å².